The summed E-state index contributed by atoms with van der Waals surface area (Å²) < 4.78 is 0. The van der Waals surface area contributed by atoms with E-state index in [9.17, 15) is 5.11 Å². The maximum atomic E-state index is 9.30. The molecule has 0 amide bonds. The molecule has 1 unspecified atom stereocenters. The lowest BCUT2D eigenvalue weighted by molar-refractivity contribution is 0.135. The molecule has 1 heterocycles. The van der Waals surface area contributed by atoms with Gasteiger partial charge in [0.15, 0.2) is 0 Å². The number of likely N-dealkylation sites (tertiary alicyclic amines) is 1. The number of nitrogens with one attached hydrogen (secondary N) is 1. The third kappa shape index (κ3) is 5.84. The molecule has 0 aromatic heterocycles. The molecule has 0 radical (unpaired) electrons. The fraction of sp³-hybridized carbons (Fsp3) is 1.00. The molecule has 0 aliphatic carbocycles. The molecule has 17 heavy (non-hydrogen) atoms. The predicted molar refractivity (Wildman–Crippen MR) is 73.3 cm³/mol. The fourth-order valence-corrected chi connectivity index (χ4v) is 2.29. The normalized spacial score (nSPS) is 21.4. The Bertz CT molecular complexity index is 187. The van der Waals surface area contributed by atoms with Crippen LogP contribution in [0.3, 0.4) is 0 Å². The molecule has 1 atom stereocenters. The van der Waals surface area contributed by atoms with E-state index < -0.39 is 0 Å². The van der Waals surface area contributed by atoms with Gasteiger partial charge in [-0.15, -0.1) is 0 Å². The summed E-state index contributed by atoms with van der Waals surface area (Å²) in [6.45, 7) is 10.4. The highest BCUT2D eigenvalue weighted by Gasteiger charge is 2.19. The number of piperidine rings is 1. The Hall–Kier alpha value is -0.120. The minimum absolute atomic E-state index is 0.0606. The maximum absolute atomic E-state index is 9.30. The standard InChI is InChI=1S/C14H30N2O/c1-3-14(2,13-17)12-15-8-7-11-16-9-5-4-6-10-16/h15,17H,3-13H2,1-2H3. The van der Waals surface area contributed by atoms with E-state index in [2.05, 4.69) is 24.1 Å². The van der Waals surface area contributed by atoms with Gasteiger partial charge in [0.2, 0.25) is 0 Å². The first-order valence-corrected chi connectivity index (χ1v) is 7.24. The van der Waals surface area contributed by atoms with Crippen LogP contribution < -0.4 is 5.32 Å². The van der Waals surface area contributed by atoms with Crippen molar-refractivity contribution in [1.82, 2.24) is 10.2 Å². The zero-order valence-electron chi connectivity index (χ0n) is 11.7. The van der Waals surface area contributed by atoms with Gasteiger partial charge in [-0.2, -0.15) is 0 Å². The van der Waals surface area contributed by atoms with Gasteiger partial charge in [0, 0.05) is 18.6 Å². The van der Waals surface area contributed by atoms with Gasteiger partial charge >= 0.3 is 0 Å². The number of rotatable bonds is 8. The van der Waals surface area contributed by atoms with E-state index in [4.69, 9.17) is 0 Å². The van der Waals surface area contributed by atoms with Crippen molar-refractivity contribution in [3.05, 3.63) is 0 Å². The SMILES string of the molecule is CCC(C)(CO)CNCCCN1CCCCC1. The zero-order chi connectivity index (χ0) is 12.6. The van der Waals surface area contributed by atoms with Crippen molar-refractivity contribution >= 4 is 0 Å². The summed E-state index contributed by atoms with van der Waals surface area (Å²) in [5, 5.41) is 12.8. The van der Waals surface area contributed by atoms with Crippen LogP contribution in [0.1, 0.15) is 46.0 Å². The smallest absolute Gasteiger partial charge is 0.0496 e. The van der Waals surface area contributed by atoms with Crippen LogP contribution in [0, 0.1) is 5.41 Å². The summed E-state index contributed by atoms with van der Waals surface area (Å²) in [4.78, 5) is 2.58. The number of nitrogens with zero attached hydrogens (tertiary/aromatic N) is 1. The van der Waals surface area contributed by atoms with Crippen molar-refractivity contribution in [2.45, 2.75) is 46.0 Å². The van der Waals surface area contributed by atoms with Crippen molar-refractivity contribution in [3.63, 3.8) is 0 Å². The molecule has 2 N–H and O–H groups in total. The maximum Gasteiger partial charge on any atom is 0.0496 e. The molecule has 0 spiro atoms. The van der Waals surface area contributed by atoms with Crippen molar-refractivity contribution in [2.75, 3.05) is 39.3 Å². The van der Waals surface area contributed by atoms with Gasteiger partial charge in [0.05, 0.1) is 0 Å². The van der Waals surface area contributed by atoms with Crippen molar-refractivity contribution in [2.24, 2.45) is 5.41 Å². The second kappa shape index (κ2) is 8.06. The number of hydrogen-bond donors (Lipinski definition) is 2. The molecular weight excluding hydrogens is 212 g/mol. The first-order valence-electron chi connectivity index (χ1n) is 7.24. The number of hydrogen-bond acceptors (Lipinski definition) is 3. The average Bonchev–Trinajstić information content (AvgIpc) is 2.39. The summed E-state index contributed by atoms with van der Waals surface area (Å²) in [5.74, 6) is 0. The largest absolute Gasteiger partial charge is 0.396 e. The summed E-state index contributed by atoms with van der Waals surface area (Å²) in [6.07, 6.45) is 6.44. The number of aliphatic hydroxyl groups is 1. The topological polar surface area (TPSA) is 35.5 Å². The van der Waals surface area contributed by atoms with E-state index in [0.717, 1.165) is 19.5 Å². The second-order valence-electron chi connectivity index (χ2n) is 5.75. The molecule has 0 saturated carbocycles. The van der Waals surface area contributed by atoms with Gasteiger partial charge in [0.25, 0.3) is 0 Å². The highest BCUT2D eigenvalue weighted by Crippen LogP contribution is 2.18. The molecule has 0 bridgehead atoms. The molecule has 1 rings (SSSR count). The summed E-state index contributed by atoms with van der Waals surface area (Å²) in [5.41, 5.74) is 0.0606. The van der Waals surface area contributed by atoms with Crippen molar-refractivity contribution in [3.8, 4) is 0 Å². The van der Waals surface area contributed by atoms with Crippen molar-refractivity contribution < 1.29 is 5.11 Å². The van der Waals surface area contributed by atoms with Gasteiger partial charge < -0.3 is 15.3 Å². The van der Waals surface area contributed by atoms with Gasteiger partial charge in [0.1, 0.15) is 0 Å². The fourth-order valence-electron chi connectivity index (χ4n) is 2.29. The molecular formula is C14H30N2O. The van der Waals surface area contributed by atoms with E-state index >= 15 is 0 Å². The van der Waals surface area contributed by atoms with E-state index in [1.54, 1.807) is 0 Å². The summed E-state index contributed by atoms with van der Waals surface area (Å²) >= 11 is 0. The Balaban J connectivity index is 2.00. The first-order chi connectivity index (χ1) is 8.20. The molecule has 1 fully saturated rings. The monoisotopic (exact) mass is 242 g/mol. The highest BCUT2D eigenvalue weighted by atomic mass is 16.3. The van der Waals surface area contributed by atoms with Crippen LogP contribution in [0.5, 0.6) is 0 Å². The van der Waals surface area contributed by atoms with Crippen LogP contribution in [0.4, 0.5) is 0 Å². The van der Waals surface area contributed by atoms with Crippen LogP contribution >= 0.6 is 0 Å². The van der Waals surface area contributed by atoms with Crippen LogP contribution in [0.25, 0.3) is 0 Å². The quantitative estimate of drug-likeness (QED) is 0.638. The average molecular weight is 242 g/mol. The molecule has 102 valence electrons. The Kier molecular flexibility index (Phi) is 7.09. The molecule has 1 aliphatic heterocycles. The minimum atomic E-state index is 0.0606. The highest BCUT2D eigenvalue weighted by molar-refractivity contribution is 4.74. The van der Waals surface area contributed by atoms with E-state index in [0.29, 0.717) is 0 Å². The van der Waals surface area contributed by atoms with E-state index in [1.807, 2.05) is 0 Å². The zero-order valence-corrected chi connectivity index (χ0v) is 11.7. The molecule has 3 nitrogen and oxygen atoms in total. The lowest BCUT2D eigenvalue weighted by Gasteiger charge is -2.28. The van der Waals surface area contributed by atoms with Crippen LogP contribution in [-0.4, -0.2) is 49.3 Å². The lowest BCUT2D eigenvalue weighted by atomic mass is 9.89. The predicted octanol–water partition coefficient (Wildman–Crippen LogP) is 1.86. The Morgan fingerprint density at radius 1 is 1.24 bits per heavy atom. The van der Waals surface area contributed by atoms with Crippen LogP contribution in [-0.2, 0) is 0 Å². The minimum Gasteiger partial charge on any atom is -0.396 e. The summed E-state index contributed by atoms with van der Waals surface area (Å²) in [7, 11) is 0. The van der Waals surface area contributed by atoms with E-state index in [-0.39, 0.29) is 12.0 Å². The Labute approximate surface area is 107 Å². The van der Waals surface area contributed by atoms with Gasteiger partial charge in [-0.1, -0.05) is 20.3 Å². The van der Waals surface area contributed by atoms with E-state index in [1.165, 1.54) is 45.3 Å². The number of aliphatic hydroxyl groups excluding tert-OH is 1. The van der Waals surface area contributed by atoms with Gasteiger partial charge in [-0.05, 0) is 51.9 Å². The lowest BCUT2D eigenvalue weighted by Crippen LogP contribution is -2.36. The van der Waals surface area contributed by atoms with Crippen molar-refractivity contribution in [1.29, 1.82) is 0 Å². The third-order valence-electron chi connectivity index (χ3n) is 4.06. The molecule has 0 aromatic rings. The molecule has 3 heteroatoms. The third-order valence-corrected chi connectivity index (χ3v) is 4.06. The Morgan fingerprint density at radius 3 is 2.53 bits per heavy atom. The first kappa shape index (κ1) is 14.9. The second-order valence-corrected chi connectivity index (χ2v) is 5.75. The van der Waals surface area contributed by atoms with Crippen LogP contribution in [0.15, 0.2) is 0 Å². The van der Waals surface area contributed by atoms with Crippen LogP contribution in [0.2, 0.25) is 0 Å². The van der Waals surface area contributed by atoms with Gasteiger partial charge in [-0.3, -0.25) is 0 Å². The molecule has 1 saturated heterocycles. The Morgan fingerprint density at radius 2 is 1.94 bits per heavy atom. The van der Waals surface area contributed by atoms with Gasteiger partial charge in [-0.25, -0.2) is 0 Å². The summed E-state index contributed by atoms with van der Waals surface area (Å²) in [6, 6.07) is 0. The molecule has 0 aromatic carbocycles. The molecule has 1 aliphatic rings.